The highest BCUT2D eigenvalue weighted by Gasteiger charge is 2.03. The number of hydrogen-bond donors (Lipinski definition) is 3. The Morgan fingerprint density at radius 3 is 2.65 bits per heavy atom. The Hall–Kier alpha value is -2.27. The second-order valence-electron chi connectivity index (χ2n) is 4.36. The largest absolute Gasteiger partial charge is 0.464 e. The van der Waals surface area contributed by atoms with Crippen molar-refractivity contribution >= 4 is 17.3 Å². The molecule has 0 aliphatic rings. The molecule has 0 bridgehead atoms. The van der Waals surface area contributed by atoms with E-state index >= 15 is 0 Å². The predicted molar refractivity (Wildman–Crippen MR) is 77.6 cm³/mol. The molecule has 2 aromatic rings. The molecule has 106 valence electrons. The van der Waals surface area contributed by atoms with Gasteiger partial charge in [0.25, 0.3) is 0 Å². The van der Waals surface area contributed by atoms with Crippen LogP contribution >= 0.6 is 0 Å². The molecular weight excluding hydrogens is 256 g/mol. The molecule has 0 saturated heterocycles. The van der Waals surface area contributed by atoms with Crippen molar-refractivity contribution in [3.8, 4) is 0 Å². The van der Waals surface area contributed by atoms with Gasteiger partial charge in [0.2, 0.25) is 5.91 Å². The molecule has 5 nitrogen and oxygen atoms in total. The average molecular weight is 274 g/mol. The van der Waals surface area contributed by atoms with Crippen molar-refractivity contribution in [2.24, 2.45) is 0 Å². The van der Waals surface area contributed by atoms with Gasteiger partial charge in [-0.1, -0.05) is 13.0 Å². The Kier molecular flexibility index (Phi) is 4.79. The zero-order chi connectivity index (χ0) is 14.4. The van der Waals surface area contributed by atoms with Gasteiger partial charge >= 0.3 is 0 Å². The molecule has 20 heavy (non-hydrogen) atoms. The van der Waals surface area contributed by atoms with Crippen molar-refractivity contribution in [1.29, 1.82) is 0 Å². The second kappa shape index (κ2) is 6.77. The van der Waals surface area contributed by atoms with Crippen molar-refractivity contribution < 1.29 is 14.3 Å². The lowest BCUT2D eigenvalue weighted by Crippen LogP contribution is -2.15. The first kappa shape index (κ1) is 14.1. The Morgan fingerprint density at radius 2 is 1.95 bits per heavy atom. The van der Waals surface area contributed by atoms with Crippen LogP contribution in [0.4, 0.5) is 11.4 Å². The van der Waals surface area contributed by atoms with E-state index in [-0.39, 0.29) is 0 Å². The normalized spacial score (nSPS) is 10.3. The molecule has 0 spiro atoms. The van der Waals surface area contributed by atoms with Crippen LogP contribution in [0.3, 0.4) is 0 Å². The summed E-state index contributed by atoms with van der Waals surface area (Å²) in [5.74, 6) is 1.40. The molecule has 0 saturated carbocycles. The number of benzene rings is 1. The number of rotatable bonds is 6. The van der Waals surface area contributed by atoms with Crippen LogP contribution in [0.2, 0.25) is 0 Å². The topological polar surface area (TPSA) is 74.5 Å². The van der Waals surface area contributed by atoms with Gasteiger partial charge in [-0.05, 0) is 30.3 Å². The number of nitrogens with one attached hydrogen (secondary N) is 2. The van der Waals surface area contributed by atoms with Gasteiger partial charge in [-0.15, -0.1) is 0 Å². The predicted octanol–water partition coefficient (Wildman–Crippen LogP) is 2.38. The average Bonchev–Trinajstić information content (AvgIpc) is 2.93. The van der Waals surface area contributed by atoms with Crippen LogP contribution in [0, 0.1) is 0 Å². The number of aliphatic hydroxyl groups excluding tert-OH is 1. The molecule has 0 aliphatic heterocycles. The van der Waals surface area contributed by atoms with Gasteiger partial charge in [-0.3, -0.25) is 4.79 Å². The number of hydrogen-bond acceptors (Lipinski definition) is 4. The maximum absolute atomic E-state index is 11.1. The number of amides is 1. The molecule has 1 aromatic heterocycles. The van der Waals surface area contributed by atoms with Gasteiger partial charge in [0.05, 0.1) is 6.54 Å². The minimum Gasteiger partial charge on any atom is -0.464 e. The fourth-order valence-corrected chi connectivity index (χ4v) is 1.80. The maximum atomic E-state index is 11.1. The van der Waals surface area contributed by atoms with Gasteiger partial charge in [-0.2, -0.15) is 0 Å². The van der Waals surface area contributed by atoms with Gasteiger partial charge in [0, 0.05) is 17.8 Å². The van der Waals surface area contributed by atoms with Crippen molar-refractivity contribution in [2.75, 3.05) is 17.2 Å². The number of carbonyl (C=O) groups is 1. The lowest BCUT2D eigenvalue weighted by atomic mass is 10.2. The second-order valence-corrected chi connectivity index (χ2v) is 4.36. The Bertz CT molecular complexity index is 578. The van der Waals surface area contributed by atoms with E-state index in [2.05, 4.69) is 10.6 Å². The molecule has 1 heterocycles. The lowest BCUT2D eigenvalue weighted by Gasteiger charge is -2.08. The van der Waals surface area contributed by atoms with Crippen LogP contribution in [-0.4, -0.2) is 17.6 Å². The van der Waals surface area contributed by atoms with Crippen LogP contribution in [0.15, 0.2) is 40.8 Å². The summed E-state index contributed by atoms with van der Waals surface area (Å²) < 4.78 is 5.60. The zero-order valence-corrected chi connectivity index (χ0v) is 11.3. The Labute approximate surface area is 117 Å². The molecule has 0 fully saturated rings. The zero-order valence-electron chi connectivity index (χ0n) is 11.3. The van der Waals surface area contributed by atoms with Crippen LogP contribution < -0.4 is 10.6 Å². The fraction of sp³-hybridized carbons (Fsp3) is 0.267. The third-order valence-electron chi connectivity index (χ3n) is 2.82. The molecule has 1 aromatic carbocycles. The Morgan fingerprint density at radius 1 is 1.20 bits per heavy atom. The first-order valence-electron chi connectivity index (χ1n) is 6.53. The van der Waals surface area contributed by atoms with Crippen molar-refractivity contribution in [1.82, 2.24) is 0 Å². The summed E-state index contributed by atoms with van der Waals surface area (Å²) in [5, 5.41) is 14.5. The van der Waals surface area contributed by atoms with Crippen LogP contribution in [0.5, 0.6) is 0 Å². The van der Waals surface area contributed by atoms with Gasteiger partial charge in [0.15, 0.2) is 0 Å². The van der Waals surface area contributed by atoms with Gasteiger partial charge < -0.3 is 20.2 Å². The van der Waals surface area contributed by atoms with Crippen LogP contribution in [0.25, 0.3) is 0 Å². The van der Waals surface area contributed by atoms with E-state index in [1.165, 1.54) is 0 Å². The smallest absolute Gasteiger partial charge is 0.250 e. The van der Waals surface area contributed by atoms with E-state index in [1.54, 1.807) is 12.1 Å². The molecular formula is C15H18N2O3. The lowest BCUT2D eigenvalue weighted by molar-refractivity contribution is -0.118. The van der Waals surface area contributed by atoms with E-state index < -0.39 is 12.5 Å². The number of aliphatic hydroxyl groups is 1. The summed E-state index contributed by atoms with van der Waals surface area (Å²) in [7, 11) is 0. The first-order valence-corrected chi connectivity index (χ1v) is 6.53. The van der Waals surface area contributed by atoms with E-state index in [0.717, 1.165) is 23.6 Å². The molecule has 0 atom stereocenters. The maximum Gasteiger partial charge on any atom is 0.250 e. The highest BCUT2D eigenvalue weighted by molar-refractivity contribution is 5.91. The molecule has 1 amide bonds. The summed E-state index contributed by atoms with van der Waals surface area (Å²) in [5.41, 5.74) is 1.51. The summed E-state index contributed by atoms with van der Waals surface area (Å²) in [6.45, 7) is 2.10. The van der Waals surface area contributed by atoms with E-state index in [1.807, 2.05) is 31.2 Å². The van der Waals surface area contributed by atoms with Crippen molar-refractivity contribution in [3.63, 3.8) is 0 Å². The minimum atomic E-state index is -0.524. The SMILES string of the molecule is CCc1ccc(CNc2cccc(NC(=O)CO)c2)o1. The summed E-state index contributed by atoms with van der Waals surface area (Å²) in [6, 6.07) is 11.2. The highest BCUT2D eigenvalue weighted by atomic mass is 16.3. The number of anilines is 2. The summed E-state index contributed by atoms with van der Waals surface area (Å²) in [4.78, 5) is 11.1. The fourth-order valence-electron chi connectivity index (χ4n) is 1.80. The van der Waals surface area contributed by atoms with E-state index in [4.69, 9.17) is 9.52 Å². The standard InChI is InChI=1S/C15H18N2O3/c1-2-13-6-7-14(20-13)9-16-11-4-3-5-12(8-11)17-15(19)10-18/h3-8,16,18H,2,9-10H2,1H3,(H,17,19). The number of aryl methyl sites for hydroxylation is 1. The third-order valence-corrected chi connectivity index (χ3v) is 2.82. The van der Waals surface area contributed by atoms with E-state index in [0.29, 0.717) is 12.2 Å². The van der Waals surface area contributed by atoms with Crippen molar-refractivity contribution in [3.05, 3.63) is 47.9 Å². The van der Waals surface area contributed by atoms with Crippen LogP contribution in [-0.2, 0) is 17.8 Å². The molecule has 0 aliphatic carbocycles. The molecule has 5 heteroatoms. The summed E-state index contributed by atoms with van der Waals surface area (Å²) in [6.07, 6.45) is 0.878. The third kappa shape index (κ3) is 3.86. The van der Waals surface area contributed by atoms with Crippen LogP contribution in [0.1, 0.15) is 18.4 Å². The molecule has 2 rings (SSSR count). The quantitative estimate of drug-likeness (QED) is 0.756. The Balaban J connectivity index is 1.95. The number of carbonyl (C=O) groups excluding carboxylic acids is 1. The summed E-state index contributed by atoms with van der Waals surface area (Å²) >= 11 is 0. The highest BCUT2D eigenvalue weighted by Crippen LogP contribution is 2.17. The van der Waals surface area contributed by atoms with Gasteiger partial charge in [0.1, 0.15) is 18.1 Å². The monoisotopic (exact) mass is 274 g/mol. The molecule has 0 radical (unpaired) electrons. The molecule has 3 N–H and O–H groups in total. The first-order chi connectivity index (χ1) is 9.71. The minimum absolute atomic E-state index is 0.430. The molecule has 0 unspecified atom stereocenters. The van der Waals surface area contributed by atoms with Crippen molar-refractivity contribution in [2.45, 2.75) is 19.9 Å². The van der Waals surface area contributed by atoms with E-state index in [9.17, 15) is 4.79 Å². The van der Waals surface area contributed by atoms with Gasteiger partial charge in [-0.25, -0.2) is 0 Å². The number of furan rings is 1.